The second-order valence-electron chi connectivity index (χ2n) is 8.79. The highest BCUT2D eigenvalue weighted by atomic mass is 16.2. The van der Waals surface area contributed by atoms with Crippen molar-refractivity contribution in [3.05, 3.63) is 62.6 Å². The molecule has 1 unspecified atom stereocenters. The van der Waals surface area contributed by atoms with Gasteiger partial charge in [0.05, 0.1) is 6.33 Å². The third-order valence-electron chi connectivity index (χ3n) is 6.23. The monoisotopic (exact) mass is 438 g/mol. The van der Waals surface area contributed by atoms with Gasteiger partial charge in [-0.15, -0.1) is 0 Å². The van der Waals surface area contributed by atoms with Crippen molar-refractivity contribution in [2.45, 2.75) is 39.4 Å². The molecule has 1 saturated heterocycles. The van der Waals surface area contributed by atoms with Crippen LogP contribution in [0.3, 0.4) is 0 Å². The Balaban J connectivity index is 1.47. The number of carbonyl (C=O) groups is 1. The van der Waals surface area contributed by atoms with Gasteiger partial charge in [0.2, 0.25) is 5.91 Å². The SMILES string of the molecule is CC1CCCN(Cc2ccccc2CNC(=O)Cn2c(=O)c3c(ncn3C)n(C)c2=O)C1. The maximum atomic E-state index is 12.8. The van der Waals surface area contributed by atoms with Crippen LogP contribution < -0.4 is 16.6 Å². The van der Waals surface area contributed by atoms with Gasteiger partial charge in [-0.1, -0.05) is 31.2 Å². The minimum Gasteiger partial charge on any atom is -0.350 e. The van der Waals surface area contributed by atoms with E-state index in [4.69, 9.17) is 0 Å². The lowest BCUT2D eigenvalue weighted by molar-refractivity contribution is -0.121. The molecule has 1 N–H and O–H groups in total. The summed E-state index contributed by atoms with van der Waals surface area (Å²) in [5.41, 5.74) is 1.75. The van der Waals surface area contributed by atoms with Crippen LogP contribution in [0.25, 0.3) is 11.2 Å². The van der Waals surface area contributed by atoms with Crippen molar-refractivity contribution in [3.63, 3.8) is 0 Å². The summed E-state index contributed by atoms with van der Waals surface area (Å²) in [4.78, 5) is 44.6. The maximum Gasteiger partial charge on any atom is 0.332 e. The van der Waals surface area contributed by atoms with Gasteiger partial charge in [-0.25, -0.2) is 14.3 Å². The molecule has 9 nitrogen and oxygen atoms in total. The van der Waals surface area contributed by atoms with Gasteiger partial charge in [-0.2, -0.15) is 0 Å². The van der Waals surface area contributed by atoms with E-state index in [0.29, 0.717) is 23.6 Å². The number of hydrogen-bond acceptors (Lipinski definition) is 5. The number of aryl methyl sites for hydroxylation is 2. The lowest BCUT2D eigenvalue weighted by Gasteiger charge is -2.31. The first kappa shape index (κ1) is 22.0. The number of piperidine rings is 1. The van der Waals surface area contributed by atoms with Crippen molar-refractivity contribution in [3.8, 4) is 0 Å². The van der Waals surface area contributed by atoms with Crippen LogP contribution in [0.4, 0.5) is 0 Å². The Kier molecular flexibility index (Phi) is 6.27. The van der Waals surface area contributed by atoms with Crippen molar-refractivity contribution in [2.24, 2.45) is 20.0 Å². The molecule has 1 fully saturated rings. The molecule has 0 bridgehead atoms. The predicted molar refractivity (Wildman–Crippen MR) is 122 cm³/mol. The highest BCUT2D eigenvalue weighted by molar-refractivity contribution is 5.76. The van der Waals surface area contributed by atoms with Gasteiger partial charge in [-0.3, -0.25) is 19.1 Å². The average Bonchev–Trinajstić information content (AvgIpc) is 3.16. The van der Waals surface area contributed by atoms with Crippen molar-refractivity contribution in [1.82, 2.24) is 28.9 Å². The molecule has 1 aliphatic heterocycles. The van der Waals surface area contributed by atoms with Gasteiger partial charge < -0.3 is 9.88 Å². The molecule has 32 heavy (non-hydrogen) atoms. The minimum atomic E-state index is -0.559. The number of benzene rings is 1. The van der Waals surface area contributed by atoms with Crippen LogP contribution in [-0.2, 0) is 38.5 Å². The fourth-order valence-corrected chi connectivity index (χ4v) is 4.48. The van der Waals surface area contributed by atoms with E-state index >= 15 is 0 Å². The quantitative estimate of drug-likeness (QED) is 0.619. The Hall–Kier alpha value is -3.20. The summed E-state index contributed by atoms with van der Waals surface area (Å²) < 4.78 is 3.81. The fourth-order valence-electron chi connectivity index (χ4n) is 4.48. The molecule has 2 aromatic heterocycles. The van der Waals surface area contributed by atoms with Gasteiger partial charge >= 0.3 is 5.69 Å². The zero-order valence-corrected chi connectivity index (χ0v) is 18.9. The molecule has 1 atom stereocenters. The predicted octanol–water partition coefficient (Wildman–Crippen LogP) is 0.982. The van der Waals surface area contributed by atoms with Crippen molar-refractivity contribution >= 4 is 17.1 Å². The fraction of sp³-hybridized carbons (Fsp3) is 0.478. The summed E-state index contributed by atoms with van der Waals surface area (Å²) in [7, 11) is 3.23. The van der Waals surface area contributed by atoms with E-state index in [1.54, 1.807) is 18.7 Å². The number of nitrogens with zero attached hydrogens (tertiary/aromatic N) is 5. The number of nitrogens with one attached hydrogen (secondary N) is 1. The van der Waals surface area contributed by atoms with Crippen molar-refractivity contribution in [2.75, 3.05) is 13.1 Å². The largest absolute Gasteiger partial charge is 0.350 e. The van der Waals surface area contributed by atoms with Gasteiger partial charge in [0.25, 0.3) is 5.56 Å². The first-order valence-corrected chi connectivity index (χ1v) is 11.0. The standard InChI is InChI=1S/C23H30N6O3/c1-16-7-6-10-28(12-16)13-18-9-5-4-8-17(18)11-24-19(30)14-29-22(31)20-21(25-15-26(20)2)27(3)23(29)32/h4-5,8-9,15-16H,6-7,10-14H2,1-3H3,(H,24,30). The molecular weight excluding hydrogens is 408 g/mol. The maximum absolute atomic E-state index is 12.8. The zero-order chi connectivity index (χ0) is 22.8. The summed E-state index contributed by atoms with van der Waals surface area (Å²) in [6, 6.07) is 8.08. The van der Waals surface area contributed by atoms with Crippen molar-refractivity contribution in [1.29, 1.82) is 0 Å². The van der Waals surface area contributed by atoms with Crippen LogP contribution in [-0.4, -0.2) is 42.6 Å². The summed E-state index contributed by atoms with van der Waals surface area (Å²) >= 11 is 0. The highest BCUT2D eigenvalue weighted by Gasteiger charge is 2.19. The first-order chi connectivity index (χ1) is 15.3. The van der Waals surface area contributed by atoms with E-state index in [1.165, 1.54) is 29.3 Å². The summed E-state index contributed by atoms with van der Waals surface area (Å²) in [5.74, 6) is 0.320. The third kappa shape index (κ3) is 4.38. The van der Waals surface area contributed by atoms with Crippen LogP contribution in [0.5, 0.6) is 0 Å². The van der Waals surface area contributed by atoms with Crippen LogP contribution in [0, 0.1) is 5.92 Å². The topological polar surface area (TPSA) is 94.2 Å². The molecule has 0 saturated carbocycles. The molecule has 3 heterocycles. The number of likely N-dealkylation sites (tertiary alicyclic amines) is 1. The Morgan fingerprint density at radius 3 is 2.69 bits per heavy atom. The van der Waals surface area contributed by atoms with Crippen LogP contribution >= 0.6 is 0 Å². The lowest BCUT2D eigenvalue weighted by atomic mass is 9.99. The number of amides is 1. The first-order valence-electron chi connectivity index (χ1n) is 11.0. The van der Waals surface area contributed by atoms with Gasteiger partial charge in [-0.05, 0) is 36.4 Å². The molecule has 0 spiro atoms. The Labute approximate surface area is 186 Å². The number of rotatable bonds is 6. The Morgan fingerprint density at radius 1 is 1.19 bits per heavy atom. The van der Waals surface area contributed by atoms with E-state index < -0.39 is 11.2 Å². The van der Waals surface area contributed by atoms with Crippen LogP contribution in [0.15, 0.2) is 40.2 Å². The van der Waals surface area contributed by atoms with Gasteiger partial charge in [0.15, 0.2) is 11.2 Å². The Morgan fingerprint density at radius 2 is 1.94 bits per heavy atom. The van der Waals surface area contributed by atoms with E-state index in [-0.39, 0.29) is 12.5 Å². The summed E-state index contributed by atoms with van der Waals surface area (Å²) in [5, 5.41) is 2.88. The number of hydrogen-bond donors (Lipinski definition) is 1. The number of aromatic nitrogens is 4. The molecule has 0 radical (unpaired) electrons. The second kappa shape index (κ2) is 9.12. The minimum absolute atomic E-state index is 0.293. The normalized spacial score (nSPS) is 17.0. The molecule has 9 heteroatoms. The van der Waals surface area contributed by atoms with E-state index in [0.717, 1.165) is 29.8 Å². The molecule has 0 aliphatic carbocycles. The Bertz CT molecular complexity index is 1250. The smallest absolute Gasteiger partial charge is 0.332 e. The van der Waals surface area contributed by atoms with Gasteiger partial charge in [0, 0.05) is 33.7 Å². The van der Waals surface area contributed by atoms with Crippen LogP contribution in [0.2, 0.25) is 0 Å². The average molecular weight is 439 g/mol. The number of imidazole rings is 1. The number of carbonyl (C=O) groups excluding carboxylic acids is 1. The molecule has 4 rings (SSSR count). The second-order valence-corrected chi connectivity index (χ2v) is 8.79. The molecular formula is C23H30N6O3. The molecule has 170 valence electrons. The summed E-state index contributed by atoms with van der Waals surface area (Å²) in [6.45, 7) is 5.33. The molecule has 1 amide bonds. The lowest BCUT2D eigenvalue weighted by Crippen LogP contribution is -2.43. The van der Waals surface area contributed by atoms with E-state index in [2.05, 4.69) is 28.2 Å². The van der Waals surface area contributed by atoms with Crippen LogP contribution in [0.1, 0.15) is 30.9 Å². The number of fused-ring (bicyclic) bond motifs is 1. The van der Waals surface area contributed by atoms with Gasteiger partial charge in [0.1, 0.15) is 6.54 Å². The highest BCUT2D eigenvalue weighted by Crippen LogP contribution is 2.19. The molecule has 1 aliphatic rings. The molecule has 3 aromatic rings. The molecule has 1 aromatic carbocycles. The zero-order valence-electron chi connectivity index (χ0n) is 18.9. The van der Waals surface area contributed by atoms with Crippen molar-refractivity contribution < 1.29 is 4.79 Å². The van der Waals surface area contributed by atoms with E-state index in [1.807, 2.05) is 18.2 Å². The third-order valence-corrected chi connectivity index (χ3v) is 6.23. The van der Waals surface area contributed by atoms with E-state index in [9.17, 15) is 14.4 Å². The summed E-state index contributed by atoms with van der Waals surface area (Å²) in [6.07, 6.45) is 3.97.